The standard InChI is InChI=1S/C23H21N5O4/c1-3-17(29)14-6-5-7-15(12-14)28-22-19(26-23(28)31)18(20(24)30)25-21(27-22)13-8-10-16(11-9-13)32-4-2/h5-12H,3-4H2,1-2H3,(H2,24,30)(H,26,31). The molecule has 32 heavy (non-hydrogen) atoms. The maximum absolute atomic E-state index is 12.8. The van der Waals surface area contributed by atoms with E-state index in [1.807, 2.05) is 6.92 Å². The number of amides is 1. The van der Waals surface area contributed by atoms with Crippen molar-refractivity contribution >= 4 is 22.9 Å². The van der Waals surface area contributed by atoms with Crippen LogP contribution in [0, 0.1) is 0 Å². The van der Waals surface area contributed by atoms with E-state index >= 15 is 0 Å². The number of aromatic nitrogens is 4. The van der Waals surface area contributed by atoms with Gasteiger partial charge < -0.3 is 15.5 Å². The number of carbonyl (C=O) groups excluding carboxylic acids is 2. The molecule has 9 nitrogen and oxygen atoms in total. The van der Waals surface area contributed by atoms with Crippen LogP contribution in [-0.2, 0) is 0 Å². The van der Waals surface area contributed by atoms with Gasteiger partial charge in [0.1, 0.15) is 11.3 Å². The number of fused-ring (bicyclic) bond motifs is 1. The van der Waals surface area contributed by atoms with Crippen molar-refractivity contribution in [2.24, 2.45) is 5.73 Å². The van der Waals surface area contributed by atoms with Gasteiger partial charge in [0.05, 0.1) is 12.3 Å². The molecule has 9 heteroatoms. The molecule has 2 aromatic heterocycles. The van der Waals surface area contributed by atoms with Crippen molar-refractivity contribution in [2.75, 3.05) is 6.61 Å². The number of primary amides is 1. The van der Waals surface area contributed by atoms with Crippen LogP contribution in [-0.4, -0.2) is 37.8 Å². The van der Waals surface area contributed by atoms with Crippen LogP contribution in [0.4, 0.5) is 0 Å². The van der Waals surface area contributed by atoms with Gasteiger partial charge >= 0.3 is 5.69 Å². The van der Waals surface area contributed by atoms with Crippen molar-refractivity contribution in [1.29, 1.82) is 0 Å². The third-order valence-corrected chi connectivity index (χ3v) is 4.94. The Morgan fingerprint density at radius 3 is 2.50 bits per heavy atom. The monoisotopic (exact) mass is 431 g/mol. The van der Waals surface area contributed by atoms with E-state index < -0.39 is 11.6 Å². The first-order valence-corrected chi connectivity index (χ1v) is 10.1. The predicted molar refractivity (Wildman–Crippen MR) is 119 cm³/mol. The molecular formula is C23H21N5O4. The molecule has 0 radical (unpaired) electrons. The van der Waals surface area contributed by atoms with Crippen molar-refractivity contribution in [3.8, 4) is 22.8 Å². The minimum absolute atomic E-state index is 0.0535. The highest BCUT2D eigenvalue weighted by Crippen LogP contribution is 2.24. The lowest BCUT2D eigenvalue weighted by Gasteiger charge is -2.08. The van der Waals surface area contributed by atoms with Gasteiger partial charge in [-0.05, 0) is 43.3 Å². The summed E-state index contributed by atoms with van der Waals surface area (Å²) in [5.41, 5.74) is 6.76. The molecule has 0 saturated heterocycles. The lowest BCUT2D eigenvalue weighted by atomic mass is 10.1. The normalized spacial score (nSPS) is 10.9. The number of ketones is 1. The molecule has 4 aromatic rings. The molecule has 0 bridgehead atoms. The van der Waals surface area contributed by atoms with Crippen molar-refractivity contribution in [1.82, 2.24) is 19.5 Å². The summed E-state index contributed by atoms with van der Waals surface area (Å²) in [4.78, 5) is 48.5. The van der Waals surface area contributed by atoms with Crippen molar-refractivity contribution in [3.63, 3.8) is 0 Å². The van der Waals surface area contributed by atoms with E-state index in [0.29, 0.717) is 35.6 Å². The highest BCUT2D eigenvalue weighted by molar-refractivity contribution is 6.02. The molecule has 0 atom stereocenters. The molecule has 1 amide bonds. The molecule has 0 aliphatic heterocycles. The third kappa shape index (κ3) is 3.76. The maximum atomic E-state index is 12.8. The summed E-state index contributed by atoms with van der Waals surface area (Å²) in [6.45, 7) is 4.18. The van der Waals surface area contributed by atoms with Gasteiger partial charge in [-0.2, -0.15) is 0 Å². The summed E-state index contributed by atoms with van der Waals surface area (Å²) in [7, 11) is 0. The first-order chi connectivity index (χ1) is 15.4. The Hall–Kier alpha value is -4.27. The third-order valence-electron chi connectivity index (χ3n) is 4.94. The smallest absolute Gasteiger partial charge is 0.332 e. The topological polar surface area (TPSA) is 133 Å². The molecule has 0 unspecified atom stereocenters. The summed E-state index contributed by atoms with van der Waals surface area (Å²) in [5, 5.41) is 0. The zero-order chi connectivity index (χ0) is 22.8. The molecule has 2 aromatic carbocycles. The van der Waals surface area contributed by atoms with Crippen LogP contribution in [0.15, 0.2) is 53.3 Å². The molecule has 3 N–H and O–H groups in total. The van der Waals surface area contributed by atoms with Crippen LogP contribution < -0.4 is 16.2 Å². The fourth-order valence-corrected chi connectivity index (χ4v) is 3.42. The zero-order valence-electron chi connectivity index (χ0n) is 17.6. The van der Waals surface area contributed by atoms with Crippen molar-refractivity contribution in [3.05, 3.63) is 70.3 Å². The van der Waals surface area contributed by atoms with Gasteiger partial charge in [-0.15, -0.1) is 0 Å². The van der Waals surface area contributed by atoms with E-state index in [-0.39, 0.29) is 28.5 Å². The maximum Gasteiger partial charge on any atom is 0.332 e. The summed E-state index contributed by atoms with van der Waals surface area (Å²) in [5.74, 6) is 0.0569. The van der Waals surface area contributed by atoms with E-state index in [4.69, 9.17) is 10.5 Å². The van der Waals surface area contributed by atoms with Crippen LogP contribution in [0.2, 0.25) is 0 Å². The van der Waals surface area contributed by atoms with E-state index in [1.165, 1.54) is 4.57 Å². The summed E-state index contributed by atoms with van der Waals surface area (Å²) >= 11 is 0. The Balaban J connectivity index is 1.94. The van der Waals surface area contributed by atoms with Gasteiger partial charge in [-0.25, -0.2) is 19.3 Å². The van der Waals surface area contributed by atoms with E-state index in [2.05, 4.69) is 15.0 Å². The molecule has 0 aliphatic carbocycles. The number of rotatable bonds is 7. The molecular weight excluding hydrogens is 410 g/mol. The number of benzene rings is 2. The quantitative estimate of drug-likeness (QED) is 0.432. The fraction of sp³-hybridized carbons (Fsp3) is 0.174. The van der Waals surface area contributed by atoms with Gasteiger partial charge in [0.2, 0.25) is 0 Å². The molecule has 162 valence electrons. The number of nitrogens with one attached hydrogen (secondary N) is 1. The van der Waals surface area contributed by atoms with Gasteiger partial charge in [0.25, 0.3) is 5.91 Å². The first kappa shape index (κ1) is 21.0. The highest BCUT2D eigenvalue weighted by Gasteiger charge is 2.20. The van der Waals surface area contributed by atoms with Gasteiger partial charge in [-0.1, -0.05) is 19.1 Å². The number of imidazole rings is 1. The van der Waals surface area contributed by atoms with Crippen molar-refractivity contribution < 1.29 is 14.3 Å². The van der Waals surface area contributed by atoms with E-state index in [9.17, 15) is 14.4 Å². The summed E-state index contributed by atoms with van der Waals surface area (Å²) in [6, 6.07) is 13.7. The van der Waals surface area contributed by atoms with Gasteiger partial charge in [0.15, 0.2) is 22.9 Å². The van der Waals surface area contributed by atoms with Crippen LogP contribution in [0.5, 0.6) is 5.75 Å². The minimum atomic E-state index is -0.798. The molecule has 0 fully saturated rings. The van der Waals surface area contributed by atoms with Gasteiger partial charge in [-0.3, -0.25) is 9.59 Å². The molecule has 0 spiro atoms. The number of hydrogen-bond donors (Lipinski definition) is 2. The first-order valence-electron chi connectivity index (χ1n) is 10.1. The number of ether oxygens (including phenoxy) is 1. The SMILES string of the molecule is CCOc1ccc(-c2nc(C(N)=O)c3[nH]c(=O)n(-c4cccc(C(=O)CC)c4)c3n2)cc1. The average molecular weight is 431 g/mol. The molecule has 4 rings (SSSR count). The summed E-state index contributed by atoms with van der Waals surface area (Å²) < 4.78 is 6.76. The minimum Gasteiger partial charge on any atom is -0.494 e. The number of carbonyl (C=O) groups is 2. The van der Waals surface area contributed by atoms with E-state index in [0.717, 1.165) is 0 Å². The predicted octanol–water partition coefficient (Wildman–Crippen LogP) is 2.87. The van der Waals surface area contributed by atoms with E-state index in [1.54, 1.807) is 55.5 Å². The second kappa shape index (κ2) is 8.46. The number of H-pyrrole nitrogens is 1. The lowest BCUT2D eigenvalue weighted by Crippen LogP contribution is -2.15. The van der Waals surface area contributed by atoms with Crippen LogP contribution >= 0.6 is 0 Å². The Kier molecular flexibility index (Phi) is 5.55. The van der Waals surface area contributed by atoms with Crippen molar-refractivity contribution in [2.45, 2.75) is 20.3 Å². The Labute approximate surface area is 182 Å². The molecule has 0 saturated carbocycles. The zero-order valence-corrected chi connectivity index (χ0v) is 17.6. The second-order valence-corrected chi connectivity index (χ2v) is 7.01. The van der Waals surface area contributed by atoms with Crippen LogP contribution in [0.3, 0.4) is 0 Å². The Morgan fingerprint density at radius 1 is 1.09 bits per heavy atom. The van der Waals surface area contributed by atoms with Gasteiger partial charge in [0, 0.05) is 17.5 Å². The average Bonchev–Trinajstić information content (AvgIpc) is 3.14. The number of Topliss-reactive ketones (excluding diaryl/α,β-unsaturated/α-hetero) is 1. The number of nitrogens with two attached hydrogens (primary N) is 1. The number of aromatic amines is 1. The Bertz CT molecular complexity index is 1390. The van der Waals surface area contributed by atoms with Crippen LogP contribution in [0.1, 0.15) is 41.1 Å². The molecule has 0 aliphatic rings. The summed E-state index contributed by atoms with van der Waals surface area (Å²) in [6.07, 6.45) is 0.335. The van der Waals surface area contributed by atoms with Crippen LogP contribution in [0.25, 0.3) is 28.2 Å². The number of hydrogen-bond acceptors (Lipinski definition) is 6. The highest BCUT2D eigenvalue weighted by atomic mass is 16.5. The fourth-order valence-electron chi connectivity index (χ4n) is 3.42. The number of nitrogens with zero attached hydrogens (tertiary/aromatic N) is 3. The second-order valence-electron chi connectivity index (χ2n) is 7.01. The molecule has 2 heterocycles. The largest absolute Gasteiger partial charge is 0.494 e. The lowest BCUT2D eigenvalue weighted by molar-refractivity contribution is 0.0983. The Morgan fingerprint density at radius 2 is 1.84 bits per heavy atom.